The average molecular weight is 254 g/mol. The van der Waals surface area contributed by atoms with Gasteiger partial charge in [0.2, 0.25) is 0 Å². The number of amides is 1. The number of benzene rings is 1. The molecule has 1 aliphatic heterocycles. The standard InChI is InChI=1S/C12H16ClN3O/c1-14-7-6-10-15-12(17)8-4-3-5-9(13)11(8)16(10)2/h3-5,10,14H,6-7H2,1-2H3,(H,15,17). The first-order valence-electron chi connectivity index (χ1n) is 5.62. The lowest BCUT2D eigenvalue weighted by Crippen LogP contribution is -2.52. The summed E-state index contributed by atoms with van der Waals surface area (Å²) in [6.45, 7) is 0.842. The summed E-state index contributed by atoms with van der Waals surface area (Å²) < 4.78 is 0. The van der Waals surface area contributed by atoms with Gasteiger partial charge in [-0.25, -0.2) is 0 Å². The summed E-state index contributed by atoms with van der Waals surface area (Å²) in [5.74, 6) is -0.0540. The molecule has 0 saturated carbocycles. The molecule has 4 nitrogen and oxygen atoms in total. The predicted octanol–water partition coefficient (Wildman–Crippen LogP) is 1.46. The minimum Gasteiger partial charge on any atom is -0.352 e. The Morgan fingerprint density at radius 3 is 3.00 bits per heavy atom. The molecule has 17 heavy (non-hydrogen) atoms. The number of para-hydroxylation sites is 1. The Morgan fingerprint density at radius 2 is 2.29 bits per heavy atom. The highest BCUT2D eigenvalue weighted by atomic mass is 35.5. The number of fused-ring (bicyclic) bond motifs is 1. The van der Waals surface area contributed by atoms with Gasteiger partial charge in [-0.3, -0.25) is 4.79 Å². The Balaban J connectivity index is 2.33. The average Bonchev–Trinajstić information content (AvgIpc) is 2.32. The van der Waals surface area contributed by atoms with E-state index in [1.165, 1.54) is 0 Å². The van der Waals surface area contributed by atoms with E-state index in [-0.39, 0.29) is 12.1 Å². The molecular weight excluding hydrogens is 238 g/mol. The van der Waals surface area contributed by atoms with Gasteiger partial charge < -0.3 is 15.5 Å². The van der Waals surface area contributed by atoms with Crippen molar-refractivity contribution in [3.8, 4) is 0 Å². The lowest BCUT2D eigenvalue weighted by molar-refractivity contribution is 0.0926. The zero-order valence-corrected chi connectivity index (χ0v) is 10.7. The Labute approximate surface area is 106 Å². The van der Waals surface area contributed by atoms with Crippen LogP contribution in [-0.2, 0) is 0 Å². The lowest BCUT2D eigenvalue weighted by atomic mass is 10.1. The fourth-order valence-corrected chi connectivity index (χ4v) is 2.39. The fourth-order valence-electron chi connectivity index (χ4n) is 2.09. The van der Waals surface area contributed by atoms with E-state index in [2.05, 4.69) is 10.6 Å². The molecule has 2 rings (SSSR count). The molecule has 0 aliphatic carbocycles. The van der Waals surface area contributed by atoms with Gasteiger partial charge in [0, 0.05) is 7.05 Å². The molecule has 92 valence electrons. The maximum atomic E-state index is 11.9. The highest BCUT2D eigenvalue weighted by molar-refractivity contribution is 6.34. The quantitative estimate of drug-likeness (QED) is 0.857. The second-order valence-corrected chi connectivity index (χ2v) is 4.54. The summed E-state index contributed by atoms with van der Waals surface area (Å²) in [5.41, 5.74) is 1.46. The van der Waals surface area contributed by atoms with Crippen molar-refractivity contribution in [2.75, 3.05) is 25.5 Å². The molecule has 0 radical (unpaired) electrons. The van der Waals surface area contributed by atoms with Gasteiger partial charge in [-0.2, -0.15) is 0 Å². The summed E-state index contributed by atoms with van der Waals surface area (Å²) in [4.78, 5) is 14.0. The van der Waals surface area contributed by atoms with E-state index in [0.717, 1.165) is 18.7 Å². The molecule has 0 saturated heterocycles. The Morgan fingerprint density at radius 1 is 1.53 bits per heavy atom. The van der Waals surface area contributed by atoms with E-state index < -0.39 is 0 Å². The molecule has 1 amide bonds. The van der Waals surface area contributed by atoms with Crippen molar-refractivity contribution >= 4 is 23.2 Å². The number of halogens is 1. The number of rotatable bonds is 3. The fraction of sp³-hybridized carbons (Fsp3) is 0.417. The van der Waals surface area contributed by atoms with Gasteiger partial charge in [-0.05, 0) is 32.1 Å². The molecule has 0 fully saturated rings. The maximum Gasteiger partial charge on any atom is 0.255 e. The summed E-state index contributed by atoms with van der Waals surface area (Å²) in [7, 11) is 3.84. The maximum absolute atomic E-state index is 11.9. The first-order chi connectivity index (χ1) is 8.15. The SMILES string of the molecule is CNCCC1NC(=O)c2cccc(Cl)c2N1C. The Kier molecular flexibility index (Phi) is 3.54. The van der Waals surface area contributed by atoms with Crippen LogP contribution in [0.15, 0.2) is 18.2 Å². The Bertz CT molecular complexity index is 436. The van der Waals surface area contributed by atoms with Crippen LogP contribution in [0.5, 0.6) is 0 Å². The number of nitrogens with one attached hydrogen (secondary N) is 2. The molecule has 2 N–H and O–H groups in total. The van der Waals surface area contributed by atoms with E-state index in [4.69, 9.17) is 11.6 Å². The van der Waals surface area contributed by atoms with Crippen LogP contribution < -0.4 is 15.5 Å². The van der Waals surface area contributed by atoms with E-state index in [9.17, 15) is 4.79 Å². The number of nitrogens with zero attached hydrogens (tertiary/aromatic N) is 1. The van der Waals surface area contributed by atoms with Crippen molar-refractivity contribution in [2.45, 2.75) is 12.6 Å². The molecule has 1 aromatic carbocycles. The molecule has 1 atom stereocenters. The van der Waals surface area contributed by atoms with Crippen LogP contribution in [-0.4, -0.2) is 32.7 Å². The molecule has 0 aromatic heterocycles. The van der Waals surface area contributed by atoms with Gasteiger partial charge in [-0.1, -0.05) is 17.7 Å². The van der Waals surface area contributed by atoms with Crippen LogP contribution in [0.2, 0.25) is 5.02 Å². The van der Waals surface area contributed by atoms with Gasteiger partial charge in [0.1, 0.15) is 6.17 Å². The third kappa shape index (κ3) is 2.23. The minimum atomic E-state index is -0.0540. The van der Waals surface area contributed by atoms with Crippen LogP contribution in [0.3, 0.4) is 0 Å². The van der Waals surface area contributed by atoms with Crippen LogP contribution in [0.25, 0.3) is 0 Å². The second kappa shape index (κ2) is 4.94. The number of hydrogen-bond donors (Lipinski definition) is 2. The molecule has 1 unspecified atom stereocenters. The van der Waals surface area contributed by atoms with Gasteiger partial charge in [0.05, 0.1) is 16.3 Å². The minimum absolute atomic E-state index is 0.0117. The monoisotopic (exact) mass is 253 g/mol. The molecule has 0 spiro atoms. The number of carbonyl (C=O) groups excluding carboxylic acids is 1. The van der Waals surface area contributed by atoms with Crippen molar-refractivity contribution in [2.24, 2.45) is 0 Å². The summed E-state index contributed by atoms with van der Waals surface area (Å²) in [6, 6.07) is 5.40. The van der Waals surface area contributed by atoms with Crippen molar-refractivity contribution in [3.63, 3.8) is 0 Å². The van der Waals surface area contributed by atoms with Gasteiger partial charge in [0.15, 0.2) is 0 Å². The van der Waals surface area contributed by atoms with Crippen LogP contribution >= 0.6 is 11.6 Å². The highest BCUT2D eigenvalue weighted by Gasteiger charge is 2.29. The van der Waals surface area contributed by atoms with Crippen LogP contribution in [0.1, 0.15) is 16.8 Å². The van der Waals surface area contributed by atoms with Crippen LogP contribution in [0, 0.1) is 0 Å². The van der Waals surface area contributed by atoms with Crippen molar-refractivity contribution in [1.29, 1.82) is 0 Å². The van der Waals surface area contributed by atoms with Crippen molar-refractivity contribution < 1.29 is 4.79 Å². The summed E-state index contributed by atoms with van der Waals surface area (Å²) >= 11 is 6.16. The Hall–Kier alpha value is -1.26. The third-order valence-electron chi connectivity index (χ3n) is 3.02. The van der Waals surface area contributed by atoms with Crippen molar-refractivity contribution in [1.82, 2.24) is 10.6 Å². The van der Waals surface area contributed by atoms with E-state index in [1.54, 1.807) is 12.1 Å². The molecule has 5 heteroatoms. The lowest BCUT2D eigenvalue weighted by Gasteiger charge is -2.36. The molecule has 1 heterocycles. The van der Waals surface area contributed by atoms with E-state index >= 15 is 0 Å². The molecule has 1 aliphatic rings. The summed E-state index contributed by atoms with van der Waals surface area (Å²) in [6.07, 6.45) is 0.825. The number of anilines is 1. The zero-order chi connectivity index (χ0) is 12.4. The highest BCUT2D eigenvalue weighted by Crippen LogP contribution is 2.33. The van der Waals surface area contributed by atoms with Gasteiger partial charge in [-0.15, -0.1) is 0 Å². The smallest absolute Gasteiger partial charge is 0.255 e. The van der Waals surface area contributed by atoms with Crippen molar-refractivity contribution in [3.05, 3.63) is 28.8 Å². The molecular formula is C12H16ClN3O. The van der Waals surface area contributed by atoms with E-state index in [1.807, 2.05) is 25.1 Å². The topological polar surface area (TPSA) is 44.4 Å². The summed E-state index contributed by atoms with van der Waals surface area (Å²) in [5, 5.41) is 6.67. The first kappa shape index (κ1) is 12.2. The van der Waals surface area contributed by atoms with Crippen LogP contribution in [0.4, 0.5) is 5.69 Å². The normalized spacial score (nSPS) is 18.9. The molecule has 1 aromatic rings. The first-order valence-corrected chi connectivity index (χ1v) is 5.99. The predicted molar refractivity (Wildman–Crippen MR) is 69.7 cm³/mol. The number of hydrogen-bond acceptors (Lipinski definition) is 3. The van der Waals surface area contributed by atoms with Gasteiger partial charge in [0.25, 0.3) is 5.91 Å². The number of carbonyl (C=O) groups is 1. The molecule has 0 bridgehead atoms. The second-order valence-electron chi connectivity index (χ2n) is 4.13. The zero-order valence-electron chi connectivity index (χ0n) is 9.96. The largest absolute Gasteiger partial charge is 0.352 e. The third-order valence-corrected chi connectivity index (χ3v) is 3.32. The van der Waals surface area contributed by atoms with E-state index in [0.29, 0.717) is 10.6 Å². The van der Waals surface area contributed by atoms with Gasteiger partial charge >= 0.3 is 0 Å².